The smallest absolute Gasteiger partial charge is 0.251 e. The standard InChI is InChI=1S/C15H22N2O2/c1-19-12-15(7-9-16-10-8-15)11-17-14(18)13-5-3-2-4-6-13/h2-6,16H,7-12H2,1H3,(H,17,18). The number of rotatable bonds is 5. The molecule has 1 aliphatic rings. The van der Waals surface area contributed by atoms with Gasteiger partial charge < -0.3 is 15.4 Å². The Labute approximate surface area is 114 Å². The molecule has 0 saturated carbocycles. The summed E-state index contributed by atoms with van der Waals surface area (Å²) in [6, 6.07) is 9.34. The van der Waals surface area contributed by atoms with E-state index in [2.05, 4.69) is 10.6 Å². The lowest BCUT2D eigenvalue weighted by molar-refractivity contribution is 0.0512. The van der Waals surface area contributed by atoms with E-state index in [1.54, 1.807) is 7.11 Å². The molecule has 1 saturated heterocycles. The maximum atomic E-state index is 12.1. The Kier molecular flexibility index (Phi) is 4.93. The Hall–Kier alpha value is -1.39. The van der Waals surface area contributed by atoms with Gasteiger partial charge in [-0.05, 0) is 38.1 Å². The van der Waals surface area contributed by atoms with Crippen LogP contribution in [-0.4, -0.2) is 39.3 Å². The molecule has 19 heavy (non-hydrogen) atoms. The number of hydrogen-bond donors (Lipinski definition) is 2. The van der Waals surface area contributed by atoms with Gasteiger partial charge in [0.1, 0.15) is 0 Å². The molecule has 4 nitrogen and oxygen atoms in total. The number of hydrogen-bond acceptors (Lipinski definition) is 3. The molecule has 0 atom stereocenters. The van der Waals surface area contributed by atoms with Gasteiger partial charge in [0.2, 0.25) is 0 Å². The average molecular weight is 262 g/mol. The number of benzene rings is 1. The fourth-order valence-corrected chi connectivity index (χ4v) is 2.59. The van der Waals surface area contributed by atoms with Crippen LogP contribution in [0.4, 0.5) is 0 Å². The van der Waals surface area contributed by atoms with Crippen molar-refractivity contribution >= 4 is 5.91 Å². The molecule has 104 valence electrons. The van der Waals surface area contributed by atoms with Crippen molar-refractivity contribution in [3.8, 4) is 0 Å². The molecular formula is C15H22N2O2. The number of nitrogens with one attached hydrogen (secondary N) is 2. The van der Waals surface area contributed by atoms with Gasteiger partial charge in [-0.1, -0.05) is 18.2 Å². The highest BCUT2D eigenvalue weighted by molar-refractivity contribution is 5.94. The maximum Gasteiger partial charge on any atom is 0.251 e. The van der Waals surface area contributed by atoms with Crippen LogP contribution in [0.15, 0.2) is 30.3 Å². The number of carbonyl (C=O) groups is 1. The minimum atomic E-state index is -0.00499. The number of methoxy groups -OCH3 is 1. The van der Waals surface area contributed by atoms with Crippen LogP contribution in [0.5, 0.6) is 0 Å². The molecule has 1 amide bonds. The summed E-state index contributed by atoms with van der Waals surface area (Å²) < 4.78 is 5.34. The third kappa shape index (κ3) is 3.78. The predicted octanol–water partition coefficient (Wildman–Crippen LogP) is 1.43. The maximum absolute atomic E-state index is 12.1. The second-order valence-electron chi connectivity index (χ2n) is 5.23. The van der Waals surface area contributed by atoms with Crippen molar-refractivity contribution in [3.63, 3.8) is 0 Å². The van der Waals surface area contributed by atoms with Crippen molar-refractivity contribution in [1.29, 1.82) is 0 Å². The van der Waals surface area contributed by atoms with Gasteiger partial charge in [-0.25, -0.2) is 0 Å². The highest BCUT2D eigenvalue weighted by atomic mass is 16.5. The summed E-state index contributed by atoms with van der Waals surface area (Å²) in [5.74, 6) is -0.00499. The SMILES string of the molecule is COCC1(CNC(=O)c2ccccc2)CCNCC1. The van der Waals surface area contributed by atoms with E-state index >= 15 is 0 Å². The van der Waals surface area contributed by atoms with Gasteiger partial charge in [-0.2, -0.15) is 0 Å². The summed E-state index contributed by atoms with van der Waals surface area (Å²) in [6.45, 7) is 3.36. The number of amides is 1. The second kappa shape index (κ2) is 6.68. The lowest BCUT2D eigenvalue weighted by Crippen LogP contribution is -2.47. The van der Waals surface area contributed by atoms with Gasteiger partial charge >= 0.3 is 0 Å². The van der Waals surface area contributed by atoms with Crippen LogP contribution in [0.25, 0.3) is 0 Å². The zero-order chi connectivity index (χ0) is 13.6. The zero-order valence-corrected chi connectivity index (χ0v) is 11.4. The number of ether oxygens (including phenoxy) is 1. The molecule has 0 bridgehead atoms. The van der Waals surface area contributed by atoms with Crippen LogP contribution in [0.1, 0.15) is 23.2 Å². The first-order valence-corrected chi connectivity index (χ1v) is 6.79. The zero-order valence-electron chi connectivity index (χ0n) is 11.4. The van der Waals surface area contributed by atoms with Crippen LogP contribution in [0.2, 0.25) is 0 Å². The Morgan fingerprint density at radius 1 is 1.32 bits per heavy atom. The van der Waals surface area contributed by atoms with E-state index in [-0.39, 0.29) is 11.3 Å². The van der Waals surface area contributed by atoms with Gasteiger partial charge in [0.15, 0.2) is 0 Å². The molecule has 0 spiro atoms. The first-order chi connectivity index (χ1) is 9.26. The highest BCUT2D eigenvalue weighted by Crippen LogP contribution is 2.28. The van der Waals surface area contributed by atoms with Crippen molar-refractivity contribution in [2.45, 2.75) is 12.8 Å². The molecule has 0 aliphatic carbocycles. The molecule has 1 fully saturated rings. The summed E-state index contributed by atoms with van der Waals surface area (Å²) in [6.07, 6.45) is 2.08. The fourth-order valence-electron chi connectivity index (χ4n) is 2.59. The number of carbonyl (C=O) groups excluding carboxylic acids is 1. The van der Waals surface area contributed by atoms with Crippen molar-refractivity contribution in [1.82, 2.24) is 10.6 Å². The van der Waals surface area contributed by atoms with Crippen molar-refractivity contribution < 1.29 is 9.53 Å². The molecule has 4 heteroatoms. The number of piperidine rings is 1. The monoisotopic (exact) mass is 262 g/mol. The molecule has 1 aliphatic heterocycles. The Bertz CT molecular complexity index is 394. The van der Waals surface area contributed by atoms with Gasteiger partial charge in [0.05, 0.1) is 6.61 Å². The van der Waals surface area contributed by atoms with Crippen LogP contribution in [0.3, 0.4) is 0 Å². The Morgan fingerprint density at radius 2 is 2.00 bits per heavy atom. The van der Waals surface area contributed by atoms with Crippen LogP contribution < -0.4 is 10.6 Å². The topological polar surface area (TPSA) is 50.4 Å². The normalized spacial score (nSPS) is 17.9. The molecule has 1 heterocycles. The lowest BCUT2D eigenvalue weighted by Gasteiger charge is -2.37. The molecule has 0 unspecified atom stereocenters. The highest BCUT2D eigenvalue weighted by Gasteiger charge is 2.32. The minimum absolute atomic E-state index is 0.00499. The van der Waals surface area contributed by atoms with E-state index in [4.69, 9.17) is 4.74 Å². The quantitative estimate of drug-likeness (QED) is 0.844. The lowest BCUT2D eigenvalue weighted by atomic mass is 9.79. The van der Waals surface area contributed by atoms with Crippen LogP contribution in [-0.2, 0) is 4.74 Å². The van der Waals surface area contributed by atoms with E-state index in [0.29, 0.717) is 18.7 Å². The minimum Gasteiger partial charge on any atom is -0.384 e. The van der Waals surface area contributed by atoms with Gasteiger partial charge in [-0.3, -0.25) is 4.79 Å². The van der Waals surface area contributed by atoms with Crippen LogP contribution >= 0.6 is 0 Å². The molecule has 0 aromatic heterocycles. The molecule has 1 aromatic carbocycles. The van der Waals surface area contributed by atoms with E-state index < -0.39 is 0 Å². The van der Waals surface area contributed by atoms with Crippen molar-refractivity contribution in [2.24, 2.45) is 5.41 Å². The largest absolute Gasteiger partial charge is 0.384 e. The van der Waals surface area contributed by atoms with E-state index in [1.807, 2.05) is 30.3 Å². The van der Waals surface area contributed by atoms with E-state index in [1.165, 1.54) is 0 Å². The first kappa shape index (κ1) is 14.0. The van der Waals surface area contributed by atoms with Gasteiger partial charge in [0, 0.05) is 24.6 Å². The van der Waals surface area contributed by atoms with E-state index in [0.717, 1.165) is 25.9 Å². The Balaban J connectivity index is 1.93. The first-order valence-electron chi connectivity index (χ1n) is 6.79. The molecule has 2 rings (SSSR count). The van der Waals surface area contributed by atoms with Crippen LogP contribution in [0, 0.1) is 5.41 Å². The summed E-state index contributed by atoms with van der Waals surface area (Å²) in [7, 11) is 1.73. The van der Waals surface area contributed by atoms with Crippen molar-refractivity contribution in [2.75, 3.05) is 33.4 Å². The van der Waals surface area contributed by atoms with Crippen molar-refractivity contribution in [3.05, 3.63) is 35.9 Å². The third-order valence-electron chi connectivity index (χ3n) is 3.77. The average Bonchev–Trinajstić information content (AvgIpc) is 2.47. The molecule has 1 aromatic rings. The Morgan fingerprint density at radius 3 is 2.63 bits per heavy atom. The van der Waals surface area contributed by atoms with Gasteiger partial charge in [-0.15, -0.1) is 0 Å². The second-order valence-corrected chi connectivity index (χ2v) is 5.23. The molecular weight excluding hydrogens is 240 g/mol. The summed E-state index contributed by atoms with van der Waals surface area (Å²) in [5.41, 5.74) is 0.786. The summed E-state index contributed by atoms with van der Waals surface area (Å²) >= 11 is 0. The third-order valence-corrected chi connectivity index (χ3v) is 3.77. The van der Waals surface area contributed by atoms with Gasteiger partial charge in [0.25, 0.3) is 5.91 Å². The van der Waals surface area contributed by atoms with E-state index in [9.17, 15) is 4.79 Å². The molecule has 0 radical (unpaired) electrons. The molecule has 2 N–H and O–H groups in total. The fraction of sp³-hybridized carbons (Fsp3) is 0.533. The summed E-state index contributed by atoms with van der Waals surface area (Å²) in [4.78, 5) is 12.1. The predicted molar refractivity (Wildman–Crippen MR) is 75.2 cm³/mol. The summed E-state index contributed by atoms with van der Waals surface area (Å²) in [5, 5.41) is 6.40.